The normalized spacial score (nSPS) is 38.0. The Kier molecular flexibility index (Phi) is 4.89. The summed E-state index contributed by atoms with van der Waals surface area (Å²) in [5.74, 6) is 1.37. The molecule has 3 fully saturated rings. The first-order valence-corrected chi connectivity index (χ1v) is 8.87. The molecule has 4 heteroatoms. The summed E-state index contributed by atoms with van der Waals surface area (Å²) in [5, 5.41) is 0. The molecule has 0 bridgehead atoms. The third-order valence-corrected chi connectivity index (χ3v) is 5.91. The molecule has 0 aromatic rings. The molecular weight excluding hydrogens is 264 g/mol. The van der Waals surface area contributed by atoms with Gasteiger partial charge in [0.05, 0.1) is 13.2 Å². The van der Waals surface area contributed by atoms with Crippen molar-refractivity contribution >= 4 is 0 Å². The molecule has 0 radical (unpaired) electrons. The van der Waals surface area contributed by atoms with Crippen LogP contribution in [-0.2, 0) is 9.47 Å². The van der Waals surface area contributed by atoms with Gasteiger partial charge in [-0.25, -0.2) is 0 Å². The standard InChI is InChI=1S/C17H32N2O2/c1-13(2)14-4-3-8-19(9-6-14)16-12-17(7-5-15(16)18)20-10-11-21-17/h13-16H,3-12,18H2,1-2H3. The highest BCUT2D eigenvalue weighted by Crippen LogP contribution is 2.38. The van der Waals surface area contributed by atoms with E-state index in [9.17, 15) is 0 Å². The van der Waals surface area contributed by atoms with Crippen molar-refractivity contribution in [2.45, 2.75) is 70.2 Å². The van der Waals surface area contributed by atoms with E-state index in [1.165, 1.54) is 32.4 Å². The lowest BCUT2D eigenvalue weighted by Gasteiger charge is -2.44. The van der Waals surface area contributed by atoms with Gasteiger partial charge in [0.1, 0.15) is 0 Å². The smallest absolute Gasteiger partial charge is 0.170 e. The van der Waals surface area contributed by atoms with Gasteiger partial charge in [0.15, 0.2) is 5.79 Å². The monoisotopic (exact) mass is 296 g/mol. The largest absolute Gasteiger partial charge is 0.347 e. The summed E-state index contributed by atoms with van der Waals surface area (Å²) >= 11 is 0. The van der Waals surface area contributed by atoms with E-state index in [0.717, 1.165) is 44.3 Å². The lowest BCUT2D eigenvalue weighted by Crippen LogP contribution is -2.56. The fourth-order valence-electron chi connectivity index (χ4n) is 4.45. The highest BCUT2D eigenvalue weighted by Gasteiger charge is 2.46. The van der Waals surface area contributed by atoms with Crippen LogP contribution < -0.4 is 5.73 Å². The Bertz CT molecular complexity index is 342. The summed E-state index contributed by atoms with van der Waals surface area (Å²) in [6, 6.07) is 0.710. The van der Waals surface area contributed by atoms with E-state index < -0.39 is 0 Å². The average molecular weight is 296 g/mol. The molecule has 4 nitrogen and oxygen atoms in total. The lowest BCUT2D eigenvalue weighted by atomic mass is 9.85. The van der Waals surface area contributed by atoms with Crippen molar-refractivity contribution in [2.75, 3.05) is 26.3 Å². The Labute approximate surface area is 129 Å². The zero-order chi connectivity index (χ0) is 14.9. The number of ether oxygens (including phenoxy) is 2. The molecule has 3 unspecified atom stereocenters. The number of hydrogen-bond donors (Lipinski definition) is 1. The Hall–Kier alpha value is -0.160. The maximum absolute atomic E-state index is 6.45. The van der Waals surface area contributed by atoms with Crippen molar-refractivity contribution in [1.82, 2.24) is 4.90 Å². The maximum Gasteiger partial charge on any atom is 0.170 e. The number of nitrogens with zero attached hydrogens (tertiary/aromatic N) is 1. The molecule has 21 heavy (non-hydrogen) atoms. The molecule has 3 rings (SSSR count). The Morgan fingerprint density at radius 1 is 1.10 bits per heavy atom. The third-order valence-electron chi connectivity index (χ3n) is 5.91. The first-order valence-electron chi connectivity index (χ1n) is 8.87. The second-order valence-corrected chi connectivity index (χ2v) is 7.55. The molecule has 3 atom stereocenters. The van der Waals surface area contributed by atoms with Crippen molar-refractivity contribution in [3.63, 3.8) is 0 Å². The SMILES string of the molecule is CC(C)C1CCCN(C2CC3(CCC2N)OCCO3)CC1. The molecule has 2 saturated heterocycles. The van der Waals surface area contributed by atoms with E-state index in [2.05, 4.69) is 18.7 Å². The van der Waals surface area contributed by atoms with E-state index in [-0.39, 0.29) is 11.8 Å². The molecule has 0 aromatic carbocycles. The van der Waals surface area contributed by atoms with Gasteiger partial charge >= 0.3 is 0 Å². The molecule has 122 valence electrons. The summed E-state index contributed by atoms with van der Waals surface area (Å²) < 4.78 is 11.9. The predicted octanol–water partition coefficient (Wildman–Crippen LogP) is 2.37. The highest BCUT2D eigenvalue weighted by molar-refractivity contribution is 4.95. The van der Waals surface area contributed by atoms with Crippen molar-refractivity contribution in [2.24, 2.45) is 17.6 Å². The Morgan fingerprint density at radius 2 is 1.86 bits per heavy atom. The van der Waals surface area contributed by atoms with Crippen molar-refractivity contribution in [1.29, 1.82) is 0 Å². The van der Waals surface area contributed by atoms with Crippen LogP contribution in [0, 0.1) is 11.8 Å². The Morgan fingerprint density at radius 3 is 2.57 bits per heavy atom. The van der Waals surface area contributed by atoms with Crippen LogP contribution in [0.15, 0.2) is 0 Å². The van der Waals surface area contributed by atoms with Crippen molar-refractivity contribution in [3.05, 3.63) is 0 Å². The summed E-state index contributed by atoms with van der Waals surface area (Å²) in [4.78, 5) is 2.64. The third kappa shape index (κ3) is 3.44. The fraction of sp³-hybridized carbons (Fsp3) is 1.00. The van der Waals surface area contributed by atoms with Gasteiger partial charge in [0.25, 0.3) is 0 Å². The van der Waals surface area contributed by atoms with E-state index in [4.69, 9.17) is 15.2 Å². The number of rotatable bonds is 2. The number of likely N-dealkylation sites (tertiary alicyclic amines) is 1. The first kappa shape index (κ1) is 15.7. The fourth-order valence-corrected chi connectivity index (χ4v) is 4.45. The molecule has 1 saturated carbocycles. The summed E-state index contributed by atoms with van der Waals surface area (Å²) in [7, 11) is 0. The van der Waals surface area contributed by atoms with Gasteiger partial charge in [-0.3, -0.25) is 4.90 Å². The molecule has 0 amide bonds. The predicted molar refractivity (Wildman–Crippen MR) is 84.0 cm³/mol. The summed E-state index contributed by atoms with van der Waals surface area (Å²) in [6.07, 6.45) is 6.94. The second-order valence-electron chi connectivity index (χ2n) is 7.55. The van der Waals surface area contributed by atoms with Crippen LogP contribution in [0.25, 0.3) is 0 Å². The van der Waals surface area contributed by atoms with Crippen LogP contribution in [-0.4, -0.2) is 49.1 Å². The van der Waals surface area contributed by atoms with Gasteiger partial charge in [-0.15, -0.1) is 0 Å². The minimum absolute atomic E-state index is 0.277. The number of nitrogens with two attached hydrogens (primary N) is 1. The molecule has 1 aliphatic carbocycles. The van der Waals surface area contributed by atoms with Crippen LogP contribution in [0.4, 0.5) is 0 Å². The maximum atomic E-state index is 6.45. The first-order chi connectivity index (χ1) is 10.1. The van der Waals surface area contributed by atoms with Crippen LogP contribution in [0.1, 0.15) is 52.4 Å². The average Bonchev–Trinajstić information content (AvgIpc) is 2.76. The van der Waals surface area contributed by atoms with Gasteiger partial charge in [-0.2, -0.15) is 0 Å². The van der Waals surface area contributed by atoms with Gasteiger partial charge in [-0.05, 0) is 50.6 Å². The number of hydrogen-bond acceptors (Lipinski definition) is 4. The van der Waals surface area contributed by atoms with Gasteiger partial charge in [-0.1, -0.05) is 13.8 Å². The molecule has 0 aromatic heterocycles. The molecule has 3 aliphatic rings. The van der Waals surface area contributed by atoms with Crippen LogP contribution in [0.5, 0.6) is 0 Å². The zero-order valence-corrected chi connectivity index (χ0v) is 13.7. The van der Waals surface area contributed by atoms with Crippen molar-refractivity contribution in [3.8, 4) is 0 Å². The van der Waals surface area contributed by atoms with E-state index in [0.29, 0.717) is 6.04 Å². The quantitative estimate of drug-likeness (QED) is 0.850. The van der Waals surface area contributed by atoms with Gasteiger partial charge < -0.3 is 15.2 Å². The molecule has 2 N–H and O–H groups in total. The second kappa shape index (κ2) is 6.53. The minimum atomic E-state index is -0.315. The Balaban J connectivity index is 1.64. The zero-order valence-electron chi connectivity index (χ0n) is 13.7. The van der Waals surface area contributed by atoms with Crippen LogP contribution in [0.2, 0.25) is 0 Å². The van der Waals surface area contributed by atoms with Gasteiger partial charge in [0, 0.05) is 24.9 Å². The molecular formula is C17H32N2O2. The highest BCUT2D eigenvalue weighted by atomic mass is 16.7. The van der Waals surface area contributed by atoms with Crippen LogP contribution >= 0.6 is 0 Å². The topological polar surface area (TPSA) is 47.7 Å². The minimum Gasteiger partial charge on any atom is -0.347 e. The molecule has 1 spiro atoms. The summed E-state index contributed by atoms with van der Waals surface area (Å²) in [5.41, 5.74) is 6.45. The summed E-state index contributed by atoms with van der Waals surface area (Å²) in [6.45, 7) is 8.60. The van der Waals surface area contributed by atoms with Gasteiger partial charge in [0.2, 0.25) is 0 Å². The van der Waals surface area contributed by atoms with Crippen LogP contribution in [0.3, 0.4) is 0 Å². The van der Waals surface area contributed by atoms with Crippen molar-refractivity contribution < 1.29 is 9.47 Å². The van der Waals surface area contributed by atoms with E-state index in [1.54, 1.807) is 0 Å². The molecule has 2 aliphatic heterocycles. The molecule has 2 heterocycles. The van der Waals surface area contributed by atoms with E-state index >= 15 is 0 Å². The lowest BCUT2D eigenvalue weighted by molar-refractivity contribution is -0.191. The van der Waals surface area contributed by atoms with E-state index in [1.807, 2.05) is 0 Å².